The van der Waals surface area contributed by atoms with Gasteiger partial charge in [0.05, 0.1) is 12.2 Å². The van der Waals surface area contributed by atoms with Crippen LogP contribution in [0.2, 0.25) is 0 Å². The largest absolute Gasteiger partial charge is 0.343 e. The van der Waals surface area contributed by atoms with E-state index in [1.54, 1.807) is 32.9 Å². The summed E-state index contributed by atoms with van der Waals surface area (Å²) in [6, 6.07) is 7.63. The quantitative estimate of drug-likeness (QED) is 0.664. The standard InChI is InChI=1S/C20H20F3N3O3/c1-20(2,3)19(29)25-12-6-4-5-11(9-12)18(28)24-10-15(27)26-14-8-7-13(21)16(22)17(14)23/h4-9H,10H2,1-3H3,(H,24,28)(H,25,29)(H,26,27). The molecule has 0 atom stereocenters. The molecule has 6 nitrogen and oxygen atoms in total. The molecule has 0 unspecified atom stereocenters. The Bertz CT molecular complexity index is 956. The molecular weight excluding hydrogens is 387 g/mol. The van der Waals surface area contributed by atoms with E-state index in [9.17, 15) is 27.6 Å². The van der Waals surface area contributed by atoms with Crippen LogP contribution in [0.1, 0.15) is 31.1 Å². The number of anilines is 2. The van der Waals surface area contributed by atoms with Gasteiger partial charge in [0, 0.05) is 16.7 Å². The Kier molecular flexibility index (Phi) is 6.63. The Morgan fingerprint density at radius 1 is 0.931 bits per heavy atom. The highest BCUT2D eigenvalue weighted by atomic mass is 19.2. The first-order valence-corrected chi connectivity index (χ1v) is 8.62. The van der Waals surface area contributed by atoms with Crippen molar-refractivity contribution in [2.45, 2.75) is 20.8 Å². The van der Waals surface area contributed by atoms with Crippen LogP contribution in [0.3, 0.4) is 0 Å². The van der Waals surface area contributed by atoms with Crippen LogP contribution in [0, 0.1) is 22.9 Å². The van der Waals surface area contributed by atoms with Gasteiger partial charge < -0.3 is 16.0 Å². The summed E-state index contributed by atoms with van der Waals surface area (Å²) < 4.78 is 39.7. The topological polar surface area (TPSA) is 87.3 Å². The molecule has 3 N–H and O–H groups in total. The number of nitrogens with one attached hydrogen (secondary N) is 3. The molecule has 9 heteroatoms. The van der Waals surface area contributed by atoms with Gasteiger partial charge >= 0.3 is 0 Å². The van der Waals surface area contributed by atoms with Crippen molar-refractivity contribution in [3.05, 3.63) is 59.4 Å². The molecule has 0 saturated heterocycles. The van der Waals surface area contributed by atoms with E-state index in [-0.39, 0.29) is 11.5 Å². The van der Waals surface area contributed by atoms with Gasteiger partial charge in [0.2, 0.25) is 11.8 Å². The summed E-state index contributed by atoms with van der Waals surface area (Å²) in [6.45, 7) is 4.70. The summed E-state index contributed by atoms with van der Waals surface area (Å²) in [6.07, 6.45) is 0. The van der Waals surface area contributed by atoms with Crippen LogP contribution >= 0.6 is 0 Å². The van der Waals surface area contributed by atoms with Gasteiger partial charge in [0.25, 0.3) is 5.91 Å². The minimum Gasteiger partial charge on any atom is -0.343 e. The van der Waals surface area contributed by atoms with Crippen LogP contribution in [0.25, 0.3) is 0 Å². The first-order valence-electron chi connectivity index (χ1n) is 8.62. The van der Waals surface area contributed by atoms with E-state index < -0.39 is 46.9 Å². The maximum atomic E-state index is 13.6. The predicted molar refractivity (Wildman–Crippen MR) is 102 cm³/mol. The number of hydrogen-bond acceptors (Lipinski definition) is 3. The number of amides is 3. The molecule has 0 aliphatic heterocycles. The molecular formula is C20H20F3N3O3. The first kappa shape index (κ1) is 21.9. The minimum absolute atomic E-state index is 0.184. The Hall–Kier alpha value is -3.36. The second-order valence-corrected chi connectivity index (χ2v) is 7.24. The van der Waals surface area contributed by atoms with Gasteiger partial charge in [-0.2, -0.15) is 0 Å². The van der Waals surface area contributed by atoms with Crippen molar-refractivity contribution in [2.75, 3.05) is 17.2 Å². The average molecular weight is 407 g/mol. The molecule has 0 aliphatic carbocycles. The number of carbonyl (C=O) groups is 3. The lowest BCUT2D eigenvalue weighted by Crippen LogP contribution is -2.33. The number of halogens is 3. The molecule has 0 fully saturated rings. The summed E-state index contributed by atoms with van der Waals surface area (Å²) in [7, 11) is 0. The molecule has 0 aromatic heterocycles. The summed E-state index contributed by atoms with van der Waals surface area (Å²) in [5, 5.41) is 7.05. The number of carbonyl (C=O) groups excluding carboxylic acids is 3. The number of rotatable bonds is 5. The lowest BCUT2D eigenvalue weighted by molar-refractivity contribution is -0.123. The highest BCUT2D eigenvalue weighted by Crippen LogP contribution is 2.20. The molecule has 154 valence electrons. The maximum absolute atomic E-state index is 13.6. The van der Waals surface area contributed by atoms with E-state index in [1.165, 1.54) is 12.1 Å². The van der Waals surface area contributed by atoms with Crippen LogP contribution in [0.5, 0.6) is 0 Å². The SMILES string of the molecule is CC(C)(C)C(=O)Nc1cccc(C(=O)NCC(=O)Nc2ccc(F)c(F)c2F)c1. The Labute approximate surface area is 165 Å². The van der Waals surface area contributed by atoms with Crippen molar-refractivity contribution in [1.29, 1.82) is 0 Å². The van der Waals surface area contributed by atoms with Crippen molar-refractivity contribution in [3.63, 3.8) is 0 Å². The number of hydrogen-bond donors (Lipinski definition) is 3. The van der Waals surface area contributed by atoms with E-state index >= 15 is 0 Å². The van der Waals surface area contributed by atoms with E-state index in [1.807, 2.05) is 5.32 Å². The van der Waals surface area contributed by atoms with Crippen molar-refractivity contribution >= 4 is 29.1 Å². The molecule has 0 radical (unpaired) electrons. The smallest absolute Gasteiger partial charge is 0.251 e. The molecule has 0 aliphatic rings. The molecule has 29 heavy (non-hydrogen) atoms. The van der Waals surface area contributed by atoms with Gasteiger partial charge in [0.1, 0.15) is 0 Å². The van der Waals surface area contributed by atoms with E-state index in [2.05, 4.69) is 10.6 Å². The van der Waals surface area contributed by atoms with E-state index in [0.717, 1.165) is 6.07 Å². The van der Waals surface area contributed by atoms with Gasteiger partial charge in [-0.05, 0) is 30.3 Å². The fourth-order valence-corrected chi connectivity index (χ4v) is 2.14. The Morgan fingerprint density at radius 3 is 2.28 bits per heavy atom. The number of benzene rings is 2. The molecule has 2 rings (SSSR count). The predicted octanol–water partition coefficient (Wildman–Crippen LogP) is 3.46. The molecule has 3 amide bonds. The molecule has 0 saturated carbocycles. The van der Waals surface area contributed by atoms with Crippen molar-refractivity contribution < 1.29 is 27.6 Å². The van der Waals surface area contributed by atoms with Crippen molar-refractivity contribution in [3.8, 4) is 0 Å². The van der Waals surface area contributed by atoms with Crippen LogP contribution < -0.4 is 16.0 Å². The fraction of sp³-hybridized carbons (Fsp3) is 0.250. The molecule has 0 bridgehead atoms. The third-order valence-corrected chi connectivity index (χ3v) is 3.78. The molecule has 2 aromatic carbocycles. The minimum atomic E-state index is -1.71. The van der Waals surface area contributed by atoms with Gasteiger partial charge in [0.15, 0.2) is 17.5 Å². The third kappa shape index (κ3) is 5.81. The second-order valence-electron chi connectivity index (χ2n) is 7.24. The second kappa shape index (κ2) is 8.76. The monoisotopic (exact) mass is 407 g/mol. The zero-order valence-corrected chi connectivity index (χ0v) is 16.0. The summed E-state index contributed by atoms with van der Waals surface area (Å²) >= 11 is 0. The zero-order valence-electron chi connectivity index (χ0n) is 16.0. The highest BCUT2D eigenvalue weighted by Gasteiger charge is 2.21. The van der Waals surface area contributed by atoms with Crippen LogP contribution in [0.15, 0.2) is 36.4 Å². The van der Waals surface area contributed by atoms with Gasteiger partial charge in [-0.15, -0.1) is 0 Å². The lowest BCUT2D eigenvalue weighted by atomic mass is 9.95. The van der Waals surface area contributed by atoms with Crippen molar-refractivity contribution in [1.82, 2.24) is 5.32 Å². The Balaban J connectivity index is 1.97. The zero-order chi connectivity index (χ0) is 21.8. The molecule has 0 heterocycles. The van der Waals surface area contributed by atoms with E-state index in [0.29, 0.717) is 11.8 Å². The third-order valence-electron chi connectivity index (χ3n) is 3.78. The summed E-state index contributed by atoms with van der Waals surface area (Å²) in [5.41, 5.74) is -0.574. The fourth-order valence-electron chi connectivity index (χ4n) is 2.14. The first-order chi connectivity index (χ1) is 13.5. The average Bonchev–Trinajstić information content (AvgIpc) is 2.66. The summed E-state index contributed by atoms with van der Waals surface area (Å²) in [4.78, 5) is 36.1. The van der Waals surface area contributed by atoms with Gasteiger partial charge in [-0.1, -0.05) is 26.8 Å². The van der Waals surface area contributed by atoms with Crippen LogP contribution in [-0.4, -0.2) is 24.3 Å². The Morgan fingerprint density at radius 2 is 1.62 bits per heavy atom. The molecule has 0 spiro atoms. The van der Waals surface area contributed by atoms with Gasteiger partial charge in [-0.3, -0.25) is 14.4 Å². The summed E-state index contributed by atoms with van der Waals surface area (Å²) in [5.74, 6) is -6.30. The van der Waals surface area contributed by atoms with Crippen LogP contribution in [-0.2, 0) is 9.59 Å². The highest BCUT2D eigenvalue weighted by molar-refractivity contribution is 6.01. The van der Waals surface area contributed by atoms with Crippen molar-refractivity contribution in [2.24, 2.45) is 5.41 Å². The van der Waals surface area contributed by atoms with Gasteiger partial charge in [-0.25, -0.2) is 13.2 Å². The molecule has 2 aromatic rings. The van der Waals surface area contributed by atoms with Crippen LogP contribution in [0.4, 0.5) is 24.5 Å². The lowest BCUT2D eigenvalue weighted by Gasteiger charge is -2.18. The van der Waals surface area contributed by atoms with E-state index in [4.69, 9.17) is 0 Å². The maximum Gasteiger partial charge on any atom is 0.251 e. The normalized spacial score (nSPS) is 11.0.